The minimum absolute atomic E-state index is 0.513. The Morgan fingerprint density at radius 1 is 1.14 bits per heavy atom. The van der Waals surface area contributed by atoms with Crippen LogP contribution in [0.4, 0.5) is 0 Å². The molecule has 0 spiro atoms. The molecule has 3 heteroatoms. The average molecular weight is 285 g/mol. The molecule has 114 valence electrons. The van der Waals surface area contributed by atoms with E-state index in [2.05, 4.69) is 67.4 Å². The van der Waals surface area contributed by atoms with E-state index in [0.29, 0.717) is 12.0 Å². The minimum Gasteiger partial charge on any atom is -0.309 e. The molecule has 0 aliphatic heterocycles. The van der Waals surface area contributed by atoms with Crippen LogP contribution in [0.15, 0.2) is 36.7 Å². The van der Waals surface area contributed by atoms with Gasteiger partial charge in [-0.2, -0.15) is 0 Å². The van der Waals surface area contributed by atoms with Crippen LogP contribution in [-0.4, -0.2) is 36.6 Å². The van der Waals surface area contributed by atoms with Gasteiger partial charge in [-0.05, 0) is 37.4 Å². The summed E-state index contributed by atoms with van der Waals surface area (Å²) >= 11 is 0. The van der Waals surface area contributed by atoms with Crippen LogP contribution in [0.2, 0.25) is 0 Å². The summed E-state index contributed by atoms with van der Waals surface area (Å²) < 4.78 is 0. The monoisotopic (exact) mass is 285 g/mol. The zero-order valence-corrected chi connectivity index (χ0v) is 13.6. The quantitative estimate of drug-likeness (QED) is 0.846. The van der Waals surface area contributed by atoms with Gasteiger partial charge in [0.25, 0.3) is 0 Å². The second-order valence-electron chi connectivity index (χ2n) is 6.49. The third-order valence-corrected chi connectivity index (χ3v) is 3.67. The Labute approximate surface area is 128 Å². The number of pyridine rings is 1. The molecule has 0 amide bonds. The van der Waals surface area contributed by atoms with Gasteiger partial charge in [-0.1, -0.05) is 38.1 Å². The van der Waals surface area contributed by atoms with Crippen molar-refractivity contribution in [3.8, 4) is 0 Å². The number of rotatable bonds is 7. The van der Waals surface area contributed by atoms with Gasteiger partial charge in [-0.15, -0.1) is 0 Å². The fraction of sp³-hybridized carbons (Fsp3) is 0.500. The second-order valence-corrected chi connectivity index (χ2v) is 6.49. The van der Waals surface area contributed by atoms with Gasteiger partial charge < -0.3 is 10.2 Å². The van der Waals surface area contributed by atoms with Crippen molar-refractivity contribution in [3.05, 3.63) is 42.2 Å². The molecule has 0 bridgehead atoms. The van der Waals surface area contributed by atoms with Crippen LogP contribution in [0.1, 0.15) is 25.8 Å². The van der Waals surface area contributed by atoms with Crippen LogP contribution in [0.25, 0.3) is 10.8 Å². The molecule has 0 radical (unpaired) electrons. The number of nitrogens with one attached hydrogen (secondary N) is 1. The van der Waals surface area contributed by atoms with E-state index in [-0.39, 0.29) is 0 Å². The Kier molecular flexibility index (Phi) is 5.71. The van der Waals surface area contributed by atoms with Gasteiger partial charge in [0, 0.05) is 36.9 Å². The lowest BCUT2D eigenvalue weighted by Crippen LogP contribution is -2.38. The van der Waals surface area contributed by atoms with Crippen molar-refractivity contribution >= 4 is 10.8 Å². The summed E-state index contributed by atoms with van der Waals surface area (Å²) in [5.74, 6) is 0.702. The molecule has 2 rings (SSSR count). The number of hydrogen-bond donors (Lipinski definition) is 1. The van der Waals surface area contributed by atoms with Gasteiger partial charge >= 0.3 is 0 Å². The number of benzene rings is 1. The third-order valence-electron chi connectivity index (χ3n) is 3.67. The number of likely N-dealkylation sites (N-methyl/N-ethyl adjacent to an activating group) is 1. The SMILES string of the molecule is CC(C)CC(CN(C)C)NCc1cncc2ccccc12. The molecular weight excluding hydrogens is 258 g/mol. The molecule has 1 heterocycles. The van der Waals surface area contributed by atoms with Gasteiger partial charge in [-0.25, -0.2) is 0 Å². The Balaban J connectivity index is 2.08. The van der Waals surface area contributed by atoms with Gasteiger partial charge in [0.05, 0.1) is 0 Å². The van der Waals surface area contributed by atoms with Crippen molar-refractivity contribution < 1.29 is 0 Å². The highest BCUT2D eigenvalue weighted by Gasteiger charge is 2.12. The van der Waals surface area contributed by atoms with Crippen molar-refractivity contribution in [1.82, 2.24) is 15.2 Å². The number of aromatic nitrogens is 1. The molecule has 1 N–H and O–H groups in total. The lowest BCUT2D eigenvalue weighted by atomic mass is 10.0. The largest absolute Gasteiger partial charge is 0.309 e. The predicted molar refractivity (Wildman–Crippen MR) is 90.4 cm³/mol. The van der Waals surface area contributed by atoms with E-state index >= 15 is 0 Å². The van der Waals surface area contributed by atoms with Crippen molar-refractivity contribution in [2.45, 2.75) is 32.9 Å². The van der Waals surface area contributed by atoms with Crippen molar-refractivity contribution in [1.29, 1.82) is 0 Å². The summed E-state index contributed by atoms with van der Waals surface area (Å²) in [5.41, 5.74) is 1.28. The van der Waals surface area contributed by atoms with Gasteiger partial charge in [-0.3, -0.25) is 4.98 Å². The first-order valence-corrected chi connectivity index (χ1v) is 7.76. The highest BCUT2D eigenvalue weighted by Crippen LogP contribution is 2.17. The standard InChI is InChI=1S/C18H27N3/c1-14(2)9-17(13-21(3)4)20-12-16-11-19-10-15-7-5-6-8-18(15)16/h5-8,10-11,14,17,20H,9,12-13H2,1-4H3. The molecule has 1 aromatic heterocycles. The fourth-order valence-electron chi connectivity index (χ4n) is 2.81. The molecule has 3 nitrogen and oxygen atoms in total. The van der Waals surface area contributed by atoms with E-state index in [9.17, 15) is 0 Å². The number of nitrogens with zero attached hydrogens (tertiary/aromatic N) is 2. The highest BCUT2D eigenvalue weighted by atomic mass is 15.1. The van der Waals surface area contributed by atoms with Crippen molar-refractivity contribution in [2.24, 2.45) is 5.92 Å². The van der Waals surface area contributed by atoms with Crippen LogP contribution in [-0.2, 0) is 6.54 Å². The van der Waals surface area contributed by atoms with E-state index in [1.807, 2.05) is 12.4 Å². The zero-order chi connectivity index (χ0) is 15.2. The van der Waals surface area contributed by atoms with Gasteiger partial charge in [0.1, 0.15) is 0 Å². The van der Waals surface area contributed by atoms with E-state index in [0.717, 1.165) is 13.1 Å². The topological polar surface area (TPSA) is 28.2 Å². The first-order chi connectivity index (χ1) is 10.1. The first kappa shape index (κ1) is 15.9. The summed E-state index contributed by atoms with van der Waals surface area (Å²) in [4.78, 5) is 6.61. The molecule has 0 saturated heterocycles. The molecule has 0 aliphatic rings. The molecular formula is C18H27N3. The van der Waals surface area contributed by atoms with Crippen LogP contribution in [0, 0.1) is 5.92 Å². The molecule has 0 fully saturated rings. The van der Waals surface area contributed by atoms with Crippen molar-refractivity contribution in [3.63, 3.8) is 0 Å². The molecule has 2 aromatic rings. The average Bonchev–Trinajstić information content (AvgIpc) is 2.43. The highest BCUT2D eigenvalue weighted by molar-refractivity contribution is 5.84. The van der Waals surface area contributed by atoms with Crippen LogP contribution in [0.5, 0.6) is 0 Å². The Hall–Kier alpha value is -1.45. The molecule has 0 aliphatic carbocycles. The Bertz CT molecular complexity index is 548. The summed E-state index contributed by atoms with van der Waals surface area (Å²) in [6, 6.07) is 8.97. The normalized spacial score (nSPS) is 13.2. The lowest BCUT2D eigenvalue weighted by Gasteiger charge is -2.24. The van der Waals surface area contributed by atoms with E-state index in [1.165, 1.54) is 22.8 Å². The molecule has 1 aromatic carbocycles. The summed E-state index contributed by atoms with van der Waals surface area (Å²) in [6.45, 7) is 6.50. The summed E-state index contributed by atoms with van der Waals surface area (Å²) in [7, 11) is 4.27. The lowest BCUT2D eigenvalue weighted by molar-refractivity contribution is 0.305. The third kappa shape index (κ3) is 4.80. The maximum absolute atomic E-state index is 4.36. The Morgan fingerprint density at radius 3 is 2.62 bits per heavy atom. The first-order valence-electron chi connectivity index (χ1n) is 7.76. The van der Waals surface area contributed by atoms with Crippen LogP contribution in [0.3, 0.4) is 0 Å². The predicted octanol–water partition coefficient (Wildman–Crippen LogP) is 3.30. The van der Waals surface area contributed by atoms with Crippen LogP contribution < -0.4 is 5.32 Å². The summed E-state index contributed by atoms with van der Waals surface area (Å²) in [6.07, 6.45) is 5.11. The van der Waals surface area contributed by atoms with E-state index < -0.39 is 0 Å². The molecule has 21 heavy (non-hydrogen) atoms. The number of hydrogen-bond acceptors (Lipinski definition) is 3. The van der Waals surface area contributed by atoms with E-state index in [1.54, 1.807) is 0 Å². The smallest absolute Gasteiger partial charge is 0.0346 e. The summed E-state index contributed by atoms with van der Waals surface area (Å²) in [5, 5.41) is 6.22. The molecule has 0 saturated carbocycles. The van der Waals surface area contributed by atoms with Gasteiger partial charge in [0.2, 0.25) is 0 Å². The molecule has 1 unspecified atom stereocenters. The van der Waals surface area contributed by atoms with Gasteiger partial charge in [0.15, 0.2) is 0 Å². The maximum atomic E-state index is 4.36. The minimum atomic E-state index is 0.513. The van der Waals surface area contributed by atoms with Crippen LogP contribution >= 0.6 is 0 Å². The number of fused-ring (bicyclic) bond motifs is 1. The molecule has 1 atom stereocenters. The maximum Gasteiger partial charge on any atom is 0.0346 e. The fourth-order valence-corrected chi connectivity index (χ4v) is 2.81. The Morgan fingerprint density at radius 2 is 1.90 bits per heavy atom. The second kappa shape index (κ2) is 7.53. The van der Waals surface area contributed by atoms with Crippen molar-refractivity contribution in [2.75, 3.05) is 20.6 Å². The zero-order valence-electron chi connectivity index (χ0n) is 13.6. The van der Waals surface area contributed by atoms with E-state index in [4.69, 9.17) is 0 Å².